The van der Waals surface area contributed by atoms with Crippen LogP contribution in [0.25, 0.3) is 0 Å². The molecule has 1 unspecified atom stereocenters. The van der Waals surface area contributed by atoms with Crippen LogP contribution >= 0.6 is 0 Å². The molecule has 0 spiro atoms. The summed E-state index contributed by atoms with van der Waals surface area (Å²) >= 11 is 0. The Balaban J connectivity index is 1.48. The van der Waals surface area contributed by atoms with Crippen LogP contribution < -0.4 is 4.74 Å². The smallest absolute Gasteiger partial charge is 0.201 e. The Kier molecular flexibility index (Phi) is 4.89. The number of hydrogen-bond acceptors (Lipinski definition) is 7. The molecule has 7 heteroatoms. The molecule has 6 rings (SSSR count). The lowest BCUT2D eigenvalue weighted by atomic mass is 9.81. The molecule has 3 aromatic carbocycles. The number of rotatable bonds is 2. The molecule has 3 aromatic rings. The number of allylic oxidation sites excluding steroid dienone is 3. The van der Waals surface area contributed by atoms with Gasteiger partial charge in [0, 0.05) is 18.1 Å². The highest BCUT2D eigenvalue weighted by atomic mass is 16.5. The van der Waals surface area contributed by atoms with Crippen LogP contribution in [0.3, 0.4) is 0 Å². The fraction of sp³-hybridized carbons (Fsp3) is 0.133. The summed E-state index contributed by atoms with van der Waals surface area (Å²) < 4.78 is 6.38. The van der Waals surface area contributed by atoms with Crippen molar-refractivity contribution in [2.24, 2.45) is 0 Å². The number of fused-ring (bicyclic) bond motifs is 3. The Hall–Kier alpha value is -4.96. The third-order valence-corrected chi connectivity index (χ3v) is 6.96. The standard InChI is InChI=1S/C30H20O7/c1-14-9-21(33)27-19(12-17-11-18(31)13-22(34)25(17)29(27)36)30(14)37-23-8-3-2-5-16-10-15-6-4-7-20(32)24(15)28(35)26(16)23/h2,4-7,9,11,13,23,31-34H,10,12H2,1H3. The lowest BCUT2D eigenvalue weighted by Crippen LogP contribution is -2.29. The average molecular weight is 492 g/mol. The summed E-state index contributed by atoms with van der Waals surface area (Å²) in [6.45, 7) is 1.71. The van der Waals surface area contributed by atoms with Gasteiger partial charge >= 0.3 is 0 Å². The van der Waals surface area contributed by atoms with Crippen molar-refractivity contribution >= 4 is 11.6 Å². The number of carbonyl (C=O) groups is 2. The van der Waals surface area contributed by atoms with Crippen LogP contribution in [0.15, 0.2) is 59.7 Å². The number of aryl methyl sites for hydroxylation is 1. The third-order valence-electron chi connectivity index (χ3n) is 6.96. The minimum Gasteiger partial charge on any atom is -0.508 e. The molecule has 0 amide bonds. The highest BCUT2D eigenvalue weighted by Gasteiger charge is 2.36. The number of ether oxygens (including phenoxy) is 1. The summed E-state index contributed by atoms with van der Waals surface area (Å²) in [6.07, 6.45) is 2.89. The zero-order valence-electron chi connectivity index (χ0n) is 19.6. The first-order chi connectivity index (χ1) is 17.7. The van der Waals surface area contributed by atoms with E-state index in [1.54, 1.807) is 31.2 Å². The Morgan fingerprint density at radius 1 is 0.865 bits per heavy atom. The van der Waals surface area contributed by atoms with Crippen LogP contribution in [-0.4, -0.2) is 38.1 Å². The third kappa shape index (κ3) is 3.38. The van der Waals surface area contributed by atoms with E-state index in [0.717, 1.165) is 6.07 Å². The lowest BCUT2D eigenvalue weighted by Gasteiger charge is -2.28. The number of carbonyl (C=O) groups excluding carboxylic acids is 2. The molecule has 0 radical (unpaired) electrons. The van der Waals surface area contributed by atoms with Gasteiger partial charge in [0.15, 0.2) is 11.9 Å². The van der Waals surface area contributed by atoms with Crippen molar-refractivity contribution in [1.82, 2.24) is 0 Å². The van der Waals surface area contributed by atoms with Crippen LogP contribution in [0.1, 0.15) is 48.5 Å². The number of hydrogen-bond donors (Lipinski definition) is 4. The fourth-order valence-electron chi connectivity index (χ4n) is 5.38. The van der Waals surface area contributed by atoms with E-state index in [9.17, 15) is 30.0 Å². The summed E-state index contributed by atoms with van der Waals surface area (Å²) in [7, 11) is 0. The van der Waals surface area contributed by atoms with Crippen LogP contribution in [0.5, 0.6) is 28.7 Å². The SMILES string of the molecule is Cc1cc(O)c2c(c1OC1C#CC=CC3=C1C(=O)c1c(O)cccc1C3)Cc1cc(O)cc(O)c1C2=O. The van der Waals surface area contributed by atoms with Crippen molar-refractivity contribution in [2.75, 3.05) is 0 Å². The van der Waals surface area contributed by atoms with Gasteiger partial charge in [0.1, 0.15) is 28.7 Å². The molecule has 0 aromatic heterocycles. The molecular weight excluding hydrogens is 472 g/mol. The minimum absolute atomic E-state index is 0.00777. The zero-order valence-corrected chi connectivity index (χ0v) is 19.6. The highest BCUT2D eigenvalue weighted by molar-refractivity contribution is 6.16. The quantitative estimate of drug-likeness (QED) is 0.312. The van der Waals surface area contributed by atoms with Crippen molar-refractivity contribution in [3.05, 3.63) is 98.6 Å². The maximum atomic E-state index is 13.6. The van der Waals surface area contributed by atoms with Crippen LogP contribution in [-0.2, 0) is 12.8 Å². The predicted octanol–water partition coefficient (Wildman–Crippen LogP) is 4.01. The fourth-order valence-corrected chi connectivity index (χ4v) is 5.38. The molecule has 0 bridgehead atoms. The van der Waals surface area contributed by atoms with Crippen molar-refractivity contribution in [3.63, 3.8) is 0 Å². The second-order valence-electron chi connectivity index (χ2n) is 9.28. The van der Waals surface area contributed by atoms with Crippen LogP contribution in [0.4, 0.5) is 0 Å². The molecule has 4 N–H and O–H groups in total. The van der Waals surface area contributed by atoms with Crippen LogP contribution in [0.2, 0.25) is 0 Å². The normalized spacial score (nSPS) is 17.2. The number of aromatic hydroxyl groups is 4. The molecule has 0 saturated carbocycles. The second kappa shape index (κ2) is 8.04. The van der Waals surface area contributed by atoms with Crippen molar-refractivity contribution in [1.29, 1.82) is 0 Å². The Bertz CT molecular complexity index is 1700. The molecule has 0 heterocycles. The molecule has 182 valence electrons. The topological polar surface area (TPSA) is 124 Å². The van der Waals surface area contributed by atoms with Gasteiger partial charge in [0.2, 0.25) is 5.78 Å². The Morgan fingerprint density at radius 3 is 2.43 bits per heavy atom. The first-order valence-electron chi connectivity index (χ1n) is 11.6. The number of Topliss-reactive ketones (excluding diaryl/α,β-unsaturated/α-hetero) is 1. The van der Waals surface area contributed by atoms with E-state index in [2.05, 4.69) is 11.8 Å². The summed E-state index contributed by atoms with van der Waals surface area (Å²) in [5.41, 5.74) is 3.18. The molecule has 0 saturated heterocycles. The van der Waals surface area contributed by atoms with Gasteiger partial charge in [-0.1, -0.05) is 18.1 Å². The molecular formula is C30H20O7. The summed E-state index contributed by atoms with van der Waals surface area (Å²) in [5, 5.41) is 41.4. The molecule has 0 aliphatic heterocycles. The first kappa shape index (κ1) is 22.5. The number of ketones is 2. The van der Waals surface area contributed by atoms with Gasteiger partial charge in [0.25, 0.3) is 0 Å². The Labute approximate surface area is 211 Å². The summed E-state index contributed by atoms with van der Waals surface area (Å²) in [5.74, 6) is 4.18. The van der Waals surface area contributed by atoms with Gasteiger partial charge in [-0.3, -0.25) is 9.59 Å². The van der Waals surface area contributed by atoms with Gasteiger partial charge in [-0.15, -0.1) is 0 Å². The monoisotopic (exact) mass is 492 g/mol. The second-order valence-corrected chi connectivity index (χ2v) is 9.28. The maximum Gasteiger partial charge on any atom is 0.201 e. The van der Waals surface area contributed by atoms with Gasteiger partial charge in [0.05, 0.1) is 22.3 Å². The zero-order chi connectivity index (χ0) is 26.0. The minimum atomic E-state index is -1.01. The first-order valence-corrected chi connectivity index (χ1v) is 11.6. The van der Waals surface area contributed by atoms with Crippen molar-refractivity contribution in [2.45, 2.75) is 25.9 Å². The number of phenolic OH excluding ortho intramolecular Hbond substituents is 4. The van der Waals surface area contributed by atoms with E-state index in [-0.39, 0.29) is 57.6 Å². The summed E-state index contributed by atoms with van der Waals surface area (Å²) in [6, 6.07) is 8.81. The van der Waals surface area contributed by atoms with E-state index >= 15 is 0 Å². The van der Waals surface area contributed by atoms with E-state index in [1.807, 2.05) is 0 Å². The number of benzene rings is 3. The highest BCUT2D eigenvalue weighted by Crippen LogP contribution is 2.44. The average Bonchev–Trinajstić information content (AvgIpc) is 3.03. The van der Waals surface area contributed by atoms with E-state index < -0.39 is 11.9 Å². The van der Waals surface area contributed by atoms with Gasteiger partial charge in [-0.05, 0) is 71.9 Å². The maximum absolute atomic E-state index is 13.6. The van der Waals surface area contributed by atoms with Gasteiger partial charge in [-0.25, -0.2) is 0 Å². The van der Waals surface area contributed by atoms with E-state index in [4.69, 9.17) is 4.74 Å². The van der Waals surface area contributed by atoms with Gasteiger partial charge < -0.3 is 25.2 Å². The molecule has 37 heavy (non-hydrogen) atoms. The predicted molar refractivity (Wildman–Crippen MR) is 133 cm³/mol. The summed E-state index contributed by atoms with van der Waals surface area (Å²) in [4.78, 5) is 26.9. The Morgan fingerprint density at radius 2 is 1.62 bits per heavy atom. The number of phenols is 4. The van der Waals surface area contributed by atoms with Crippen LogP contribution in [0, 0.1) is 18.8 Å². The van der Waals surface area contributed by atoms with E-state index in [0.29, 0.717) is 39.8 Å². The molecule has 7 nitrogen and oxygen atoms in total. The molecule has 0 fully saturated rings. The molecule has 3 aliphatic carbocycles. The van der Waals surface area contributed by atoms with Gasteiger partial charge in [-0.2, -0.15) is 0 Å². The largest absolute Gasteiger partial charge is 0.508 e. The molecule has 3 aliphatic rings. The molecule has 1 atom stereocenters. The lowest BCUT2D eigenvalue weighted by molar-refractivity contribution is 0.0995. The van der Waals surface area contributed by atoms with Crippen molar-refractivity contribution in [3.8, 4) is 40.6 Å². The van der Waals surface area contributed by atoms with Crippen molar-refractivity contribution < 1.29 is 34.8 Å². The van der Waals surface area contributed by atoms with E-state index in [1.165, 1.54) is 18.2 Å².